The molecule has 0 spiro atoms. The molecule has 0 saturated carbocycles. The van der Waals surface area contributed by atoms with Crippen LogP contribution in [0.5, 0.6) is 0 Å². The van der Waals surface area contributed by atoms with E-state index in [1.807, 2.05) is 30.3 Å². The fraction of sp³-hybridized carbons (Fsp3) is 0.105. The van der Waals surface area contributed by atoms with E-state index in [9.17, 15) is 14.0 Å². The van der Waals surface area contributed by atoms with Crippen molar-refractivity contribution in [2.75, 3.05) is 5.32 Å². The molecule has 0 atom stereocenters. The van der Waals surface area contributed by atoms with Gasteiger partial charge in [-0.25, -0.2) is 9.37 Å². The minimum Gasteiger partial charge on any atom is -0.315 e. The fourth-order valence-corrected chi connectivity index (χ4v) is 2.68. The number of aryl methyl sites for hydroxylation is 1. The number of amides is 1. The minimum atomic E-state index is -0.982. The van der Waals surface area contributed by atoms with Gasteiger partial charge in [0.2, 0.25) is 0 Å². The first-order chi connectivity index (χ1) is 12.4. The summed E-state index contributed by atoms with van der Waals surface area (Å²) < 4.78 is 14.5. The van der Waals surface area contributed by atoms with Gasteiger partial charge in [-0.15, -0.1) is 0 Å². The Morgan fingerprint density at radius 1 is 1.23 bits per heavy atom. The van der Waals surface area contributed by atoms with Crippen molar-refractivity contribution >= 4 is 23.3 Å². The maximum absolute atomic E-state index is 13.5. The van der Waals surface area contributed by atoms with E-state index in [4.69, 9.17) is 11.6 Å². The number of hydrogen-bond acceptors (Lipinski definition) is 3. The van der Waals surface area contributed by atoms with Gasteiger partial charge in [-0.1, -0.05) is 29.8 Å². The molecule has 0 aliphatic heterocycles. The number of anilines is 1. The summed E-state index contributed by atoms with van der Waals surface area (Å²) in [6, 6.07) is 11.9. The van der Waals surface area contributed by atoms with Crippen LogP contribution >= 0.6 is 11.6 Å². The molecule has 0 unspecified atom stereocenters. The lowest BCUT2D eigenvalue weighted by Crippen LogP contribution is -2.23. The van der Waals surface area contributed by atoms with Crippen LogP contribution in [-0.2, 0) is 13.5 Å². The Labute approximate surface area is 154 Å². The number of pyridine rings is 2. The predicted molar refractivity (Wildman–Crippen MR) is 98.1 cm³/mol. The summed E-state index contributed by atoms with van der Waals surface area (Å²) in [6.45, 7) is 0. The number of carbonyl (C=O) groups is 1. The number of halogens is 2. The van der Waals surface area contributed by atoms with Gasteiger partial charge in [-0.05, 0) is 41.8 Å². The van der Waals surface area contributed by atoms with Crippen molar-refractivity contribution in [3.63, 3.8) is 0 Å². The zero-order valence-electron chi connectivity index (χ0n) is 13.9. The predicted octanol–water partition coefficient (Wildman–Crippen LogP) is 3.42. The molecule has 1 N–H and O–H groups in total. The second-order valence-corrected chi connectivity index (χ2v) is 6.24. The average Bonchev–Trinajstić information content (AvgIpc) is 2.61. The third-order valence-electron chi connectivity index (χ3n) is 3.77. The summed E-state index contributed by atoms with van der Waals surface area (Å²) in [7, 11) is 1.38. The van der Waals surface area contributed by atoms with Crippen molar-refractivity contribution in [3.8, 4) is 0 Å². The first kappa shape index (κ1) is 17.8. The molecule has 3 rings (SSSR count). The van der Waals surface area contributed by atoms with Crippen molar-refractivity contribution in [3.05, 3.63) is 92.7 Å². The first-order valence-electron chi connectivity index (χ1n) is 7.79. The topological polar surface area (TPSA) is 64.0 Å². The number of nitrogens with zero attached hydrogens (tertiary/aromatic N) is 2. The molecule has 7 heteroatoms. The zero-order valence-corrected chi connectivity index (χ0v) is 14.6. The third-order valence-corrected chi connectivity index (χ3v) is 4.00. The first-order valence-corrected chi connectivity index (χ1v) is 8.17. The average molecular weight is 372 g/mol. The van der Waals surface area contributed by atoms with E-state index in [-0.39, 0.29) is 5.56 Å². The highest BCUT2D eigenvalue weighted by molar-refractivity contribution is 6.30. The van der Waals surface area contributed by atoms with Gasteiger partial charge in [0, 0.05) is 24.5 Å². The van der Waals surface area contributed by atoms with E-state index in [0.29, 0.717) is 17.3 Å². The Kier molecular flexibility index (Phi) is 5.14. The summed E-state index contributed by atoms with van der Waals surface area (Å²) in [5, 5.41) is 3.25. The van der Waals surface area contributed by atoms with Crippen molar-refractivity contribution < 1.29 is 9.18 Å². The van der Waals surface area contributed by atoms with E-state index < -0.39 is 17.3 Å². The second kappa shape index (κ2) is 7.49. The van der Waals surface area contributed by atoms with E-state index in [2.05, 4.69) is 10.3 Å². The van der Waals surface area contributed by atoms with Crippen LogP contribution in [-0.4, -0.2) is 15.5 Å². The molecular weight excluding hydrogens is 357 g/mol. The SMILES string of the molecule is Cn1cc(C(=O)Nc2ccc(Cc3cccc(Cl)c3)cn2)cc(F)c1=O. The summed E-state index contributed by atoms with van der Waals surface area (Å²) in [5.74, 6) is -1.20. The molecule has 3 aromatic rings. The van der Waals surface area contributed by atoms with Crippen molar-refractivity contribution in [1.82, 2.24) is 9.55 Å². The standard InChI is InChI=1S/C19H15ClFN3O2/c1-24-11-14(9-16(21)19(24)26)18(25)23-17-6-5-13(10-22-17)7-12-3-2-4-15(20)8-12/h2-6,8-11H,7H2,1H3,(H,22,23,25). The molecule has 26 heavy (non-hydrogen) atoms. The highest BCUT2D eigenvalue weighted by Crippen LogP contribution is 2.15. The molecule has 1 amide bonds. The van der Waals surface area contributed by atoms with Gasteiger partial charge in [-0.2, -0.15) is 0 Å². The number of carbonyl (C=O) groups excluding carboxylic acids is 1. The number of hydrogen-bond donors (Lipinski definition) is 1. The number of benzene rings is 1. The van der Waals surface area contributed by atoms with Crippen LogP contribution in [0.15, 0.2) is 59.7 Å². The molecule has 0 saturated heterocycles. The summed E-state index contributed by atoms with van der Waals surface area (Å²) in [6.07, 6.45) is 3.58. The number of aromatic nitrogens is 2. The monoisotopic (exact) mass is 371 g/mol. The molecule has 0 aliphatic rings. The van der Waals surface area contributed by atoms with Crippen molar-refractivity contribution in [2.24, 2.45) is 7.05 Å². The maximum atomic E-state index is 13.5. The Morgan fingerprint density at radius 2 is 2.04 bits per heavy atom. The maximum Gasteiger partial charge on any atom is 0.286 e. The molecular formula is C19H15ClFN3O2. The Hall–Kier alpha value is -2.99. The van der Waals surface area contributed by atoms with Gasteiger partial charge in [0.25, 0.3) is 11.5 Å². The van der Waals surface area contributed by atoms with E-state index in [1.54, 1.807) is 12.3 Å². The van der Waals surface area contributed by atoms with Gasteiger partial charge in [0.05, 0.1) is 5.56 Å². The molecule has 0 aliphatic carbocycles. The molecule has 132 valence electrons. The Bertz CT molecular complexity index is 990. The van der Waals surface area contributed by atoms with Gasteiger partial charge < -0.3 is 9.88 Å². The summed E-state index contributed by atoms with van der Waals surface area (Å²) in [4.78, 5) is 27.7. The van der Waals surface area contributed by atoms with Gasteiger partial charge in [0.1, 0.15) is 5.82 Å². The molecule has 1 aromatic carbocycles. The molecule has 2 heterocycles. The van der Waals surface area contributed by atoms with Crippen LogP contribution in [0.2, 0.25) is 5.02 Å². The lowest BCUT2D eigenvalue weighted by atomic mass is 10.1. The zero-order chi connectivity index (χ0) is 18.7. The Morgan fingerprint density at radius 3 is 2.69 bits per heavy atom. The molecule has 0 fully saturated rings. The van der Waals surface area contributed by atoms with E-state index in [0.717, 1.165) is 21.8 Å². The van der Waals surface area contributed by atoms with Crippen molar-refractivity contribution in [2.45, 2.75) is 6.42 Å². The minimum absolute atomic E-state index is 0.0365. The van der Waals surface area contributed by atoms with Gasteiger partial charge in [-0.3, -0.25) is 9.59 Å². The van der Waals surface area contributed by atoms with Crippen LogP contribution < -0.4 is 10.9 Å². The summed E-state index contributed by atoms with van der Waals surface area (Å²) in [5.41, 5.74) is 1.26. The Balaban J connectivity index is 1.71. The molecule has 5 nitrogen and oxygen atoms in total. The van der Waals surface area contributed by atoms with Crippen LogP contribution in [0.1, 0.15) is 21.5 Å². The molecule has 0 radical (unpaired) electrons. The van der Waals surface area contributed by atoms with E-state index in [1.165, 1.54) is 13.2 Å². The number of nitrogens with one attached hydrogen (secondary N) is 1. The van der Waals surface area contributed by atoms with Crippen LogP contribution in [0.4, 0.5) is 10.2 Å². The van der Waals surface area contributed by atoms with E-state index >= 15 is 0 Å². The second-order valence-electron chi connectivity index (χ2n) is 5.81. The highest BCUT2D eigenvalue weighted by atomic mass is 35.5. The lowest BCUT2D eigenvalue weighted by Gasteiger charge is -2.07. The fourth-order valence-electron chi connectivity index (χ4n) is 2.47. The smallest absolute Gasteiger partial charge is 0.286 e. The van der Waals surface area contributed by atoms with Gasteiger partial charge >= 0.3 is 0 Å². The molecule has 2 aromatic heterocycles. The normalized spacial score (nSPS) is 10.6. The largest absolute Gasteiger partial charge is 0.315 e. The number of rotatable bonds is 4. The third kappa shape index (κ3) is 4.15. The van der Waals surface area contributed by atoms with Crippen molar-refractivity contribution in [1.29, 1.82) is 0 Å². The van der Waals surface area contributed by atoms with Crippen LogP contribution in [0.3, 0.4) is 0 Å². The quantitative estimate of drug-likeness (QED) is 0.764. The van der Waals surface area contributed by atoms with Gasteiger partial charge in [0.15, 0.2) is 5.82 Å². The van der Waals surface area contributed by atoms with Crippen LogP contribution in [0.25, 0.3) is 0 Å². The van der Waals surface area contributed by atoms with Crippen LogP contribution in [0, 0.1) is 5.82 Å². The highest BCUT2D eigenvalue weighted by Gasteiger charge is 2.11. The lowest BCUT2D eigenvalue weighted by molar-refractivity contribution is 0.102. The summed E-state index contributed by atoms with van der Waals surface area (Å²) >= 11 is 5.97. The molecule has 0 bridgehead atoms.